The minimum atomic E-state index is 0.324. The van der Waals surface area contributed by atoms with Gasteiger partial charge in [-0.1, -0.05) is 63.7 Å². The van der Waals surface area contributed by atoms with Gasteiger partial charge in [0.2, 0.25) is 0 Å². The summed E-state index contributed by atoms with van der Waals surface area (Å²) in [4.78, 5) is 1.74. The van der Waals surface area contributed by atoms with E-state index in [4.69, 9.17) is 0 Å². The number of hydrogen-bond acceptors (Lipinski definition) is 6. The van der Waals surface area contributed by atoms with Crippen molar-refractivity contribution in [2.45, 2.75) is 48.9 Å². The van der Waals surface area contributed by atoms with Gasteiger partial charge in [0.25, 0.3) is 0 Å². The second-order valence-corrected chi connectivity index (χ2v) is 20.5. The molecule has 3 atom stereocenters. The van der Waals surface area contributed by atoms with Gasteiger partial charge in [-0.05, 0) is 19.3 Å². The minimum Gasteiger partial charge on any atom is -0.111 e. The molecule has 0 aromatic rings. The van der Waals surface area contributed by atoms with Gasteiger partial charge in [0.1, 0.15) is 15.2 Å². The van der Waals surface area contributed by atoms with Gasteiger partial charge in [-0.2, -0.15) is 0 Å². The van der Waals surface area contributed by atoms with Crippen molar-refractivity contribution in [3.63, 3.8) is 0 Å². The molecule has 4 saturated heterocycles. The fourth-order valence-electron chi connectivity index (χ4n) is 2.22. The van der Waals surface area contributed by atoms with Crippen LogP contribution in [-0.4, -0.2) is 35.0 Å². The zero-order valence-electron chi connectivity index (χ0n) is 10.8. The van der Waals surface area contributed by atoms with E-state index in [1.165, 1.54) is 19.3 Å². The van der Waals surface area contributed by atoms with Crippen molar-refractivity contribution in [3.05, 3.63) is 0 Å². The highest BCUT2D eigenvalue weighted by atomic mass is 79.9. The number of alkyl halides is 4. The molecule has 0 nitrogen and oxygen atoms in total. The van der Waals surface area contributed by atoms with E-state index in [-0.39, 0.29) is 0 Å². The van der Waals surface area contributed by atoms with E-state index < -0.39 is 0 Å². The third-order valence-electron chi connectivity index (χ3n) is 3.23. The first-order valence-corrected chi connectivity index (χ1v) is 15.8. The molecule has 122 valence electrons. The molecule has 4 rings (SSSR count). The number of rotatable bonds is 7. The largest absolute Gasteiger partial charge is 0.125 e. The predicted octanol–water partition coefficient (Wildman–Crippen LogP) is 7.79. The first-order chi connectivity index (χ1) is 10.0. The highest BCUT2D eigenvalue weighted by Crippen LogP contribution is 2.78. The minimum absolute atomic E-state index is 0.324. The Hall–Kier alpha value is 4.02. The van der Waals surface area contributed by atoms with E-state index in [9.17, 15) is 0 Å². The molecule has 0 spiro atoms. The molecular formula is C11H14Br4S6. The number of thioether (sulfide) groups is 6. The van der Waals surface area contributed by atoms with Gasteiger partial charge in [0, 0.05) is 19.8 Å². The molecule has 4 fully saturated rings. The summed E-state index contributed by atoms with van der Waals surface area (Å²) in [6, 6.07) is 0. The van der Waals surface area contributed by atoms with Crippen LogP contribution in [0.5, 0.6) is 0 Å². The van der Waals surface area contributed by atoms with Crippen molar-refractivity contribution in [1.82, 2.24) is 0 Å². The lowest BCUT2D eigenvalue weighted by molar-refractivity contribution is 0.669. The fourth-order valence-corrected chi connectivity index (χ4v) is 25.4. The van der Waals surface area contributed by atoms with Gasteiger partial charge in [0.15, 0.2) is 0 Å². The molecule has 4 aliphatic rings. The van der Waals surface area contributed by atoms with E-state index in [1.807, 2.05) is 0 Å². The van der Waals surface area contributed by atoms with E-state index in [1.54, 1.807) is 0 Å². The van der Waals surface area contributed by atoms with Crippen molar-refractivity contribution in [3.8, 4) is 0 Å². The van der Waals surface area contributed by atoms with Crippen molar-refractivity contribution < 1.29 is 0 Å². The highest BCUT2D eigenvalue weighted by molar-refractivity contribution is 9.10. The molecule has 0 radical (unpaired) electrons. The molecule has 0 aromatic heterocycles. The molecule has 4 bridgehead atoms. The molecular weight excluding hydrogens is 644 g/mol. The Morgan fingerprint density at radius 3 is 1.81 bits per heavy atom. The third-order valence-corrected chi connectivity index (χ3v) is 18.4. The second-order valence-electron chi connectivity index (χ2n) is 4.84. The van der Waals surface area contributed by atoms with Gasteiger partial charge in [-0.25, -0.2) is 0 Å². The summed E-state index contributed by atoms with van der Waals surface area (Å²) in [5.41, 5.74) is 0. The van der Waals surface area contributed by atoms with Crippen LogP contribution in [-0.2, 0) is 0 Å². The lowest BCUT2D eigenvalue weighted by Gasteiger charge is -2.55. The lowest BCUT2D eigenvalue weighted by atomic mass is 10.1. The van der Waals surface area contributed by atoms with Crippen LogP contribution in [0.25, 0.3) is 0 Å². The maximum Gasteiger partial charge on any atom is 0.125 e. The van der Waals surface area contributed by atoms with Gasteiger partial charge in [0.05, 0.1) is 0 Å². The zero-order chi connectivity index (χ0) is 15.0. The average Bonchev–Trinajstić information content (AvgIpc) is 2.36. The molecule has 21 heavy (non-hydrogen) atoms. The van der Waals surface area contributed by atoms with Crippen LogP contribution in [0, 0.1) is 0 Å². The fraction of sp³-hybridized carbons (Fsp3) is 1.00. The molecule has 0 aromatic carbocycles. The van der Waals surface area contributed by atoms with Gasteiger partial charge < -0.3 is 0 Å². The van der Waals surface area contributed by atoms with E-state index in [0.717, 1.165) is 17.1 Å². The van der Waals surface area contributed by atoms with E-state index in [0.29, 0.717) is 17.9 Å². The predicted molar refractivity (Wildman–Crippen MR) is 125 cm³/mol. The maximum absolute atomic E-state index is 4.05. The average molecular weight is 658 g/mol. The zero-order valence-corrected chi connectivity index (χ0v) is 22.0. The van der Waals surface area contributed by atoms with Crippen LogP contribution in [0.4, 0.5) is 0 Å². The summed E-state index contributed by atoms with van der Waals surface area (Å²) in [7, 11) is 0. The Balaban J connectivity index is 1.56. The van der Waals surface area contributed by atoms with Crippen LogP contribution in [0.3, 0.4) is 0 Å². The van der Waals surface area contributed by atoms with E-state index in [2.05, 4.69) is 134 Å². The Morgan fingerprint density at radius 1 is 0.810 bits per heavy atom. The molecule has 0 saturated carbocycles. The van der Waals surface area contributed by atoms with Gasteiger partial charge >= 0.3 is 0 Å². The van der Waals surface area contributed by atoms with E-state index >= 15 is 0 Å². The summed E-state index contributed by atoms with van der Waals surface area (Å²) in [5.74, 6) is 0. The molecule has 4 aliphatic heterocycles. The summed E-state index contributed by atoms with van der Waals surface area (Å²) in [6.45, 7) is 0. The molecule has 3 unspecified atom stereocenters. The Morgan fingerprint density at radius 2 is 1.33 bits per heavy atom. The molecule has 0 N–H and O–H groups in total. The molecule has 0 aliphatic carbocycles. The standard InChI is InChI=1S/C11H14Br4S6/c12-2-1-5(13)3-6(14)4-7(15)11-19-8-16-9(20-11)18-10(17-8)21-11/h5-10H,1-4H2. The van der Waals surface area contributed by atoms with Crippen molar-refractivity contribution in [1.29, 1.82) is 0 Å². The summed E-state index contributed by atoms with van der Waals surface area (Å²) < 4.78 is 2.56. The molecule has 0 amide bonds. The van der Waals surface area contributed by atoms with Crippen LogP contribution < -0.4 is 0 Å². The topological polar surface area (TPSA) is 0 Å². The molecule has 4 heterocycles. The number of halogens is 4. The van der Waals surface area contributed by atoms with Crippen molar-refractivity contribution in [2.24, 2.45) is 0 Å². The van der Waals surface area contributed by atoms with Gasteiger partial charge in [-0.3, -0.25) is 0 Å². The first-order valence-electron chi connectivity index (χ1n) is 6.49. The quantitative estimate of drug-likeness (QED) is 0.255. The molecule has 10 heteroatoms. The van der Waals surface area contributed by atoms with Crippen LogP contribution in [0.15, 0.2) is 0 Å². The van der Waals surface area contributed by atoms with Crippen LogP contribution in [0.1, 0.15) is 19.3 Å². The lowest BCUT2D eigenvalue weighted by Crippen LogP contribution is -2.43. The Bertz CT molecular complexity index is 337. The SMILES string of the molecule is BrCCC(Br)CC(Br)CC(Br)C12SC3SC(SC(S3)S1)S2. The summed E-state index contributed by atoms with van der Waals surface area (Å²) in [6.07, 6.45) is 3.58. The monoisotopic (exact) mass is 654 g/mol. The Labute approximate surface area is 186 Å². The Kier molecular flexibility index (Phi) is 8.29. The van der Waals surface area contributed by atoms with Crippen LogP contribution in [0.2, 0.25) is 0 Å². The number of hydrogen-bond donors (Lipinski definition) is 0. The normalized spacial score (nSPS) is 42.0. The maximum atomic E-state index is 4.05. The van der Waals surface area contributed by atoms with Crippen molar-refractivity contribution >= 4 is 134 Å². The third kappa shape index (κ3) is 5.05. The van der Waals surface area contributed by atoms with Crippen LogP contribution >= 0.6 is 134 Å². The highest BCUT2D eigenvalue weighted by Gasteiger charge is 2.57. The first kappa shape index (κ1) is 19.8. The second kappa shape index (κ2) is 8.81. The van der Waals surface area contributed by atoms with Crippen molar-refractivity contribution in [2.75, 3.05) is 5.33 Å². The smallest absolute Gasteiger partial charge is 0.111 e. The van der Waals surface area contributed by atoms with Gasteiger partial charge in [-0.15, -0.1) is 70.6 Å². The summed E-state index contributed by atoms with van der Waals surface area (Å²) >= 11 is 28.3. The summed E-state index contributed by atoms with van der Waals surface area (Å²) in [5, 5.41) is 1.07.